The Bertz CT molecular complexity index is 744. The molecule has 5 heteroatoms. The number of benzene rings is 1. The highest BCUT2D eigenvalue weighted by Crippen LogP contribution is 2.46. The molecule has 1 saturated carbocycles. The molecule has 0 amide bonds. The number of ether oxygens (including phenoxy) is 1. The summed E-state index contributed by atoms with van der Waals surface area (Å²) in [4.78, 5) is 11.0. The lowest BCUT2D eigenvalue weighted by Gasteiger charge is -2.44. The molecule has 1 aliphatic carbocycles. The first-order valence-electron chi connectivity index (χ1n) is 11.4. The molecule has 1 aromatic rings. The molecule has 2 fully saturated rings. The van der Waals surface area contributed by atoms with Gasteiger partial charge in [-0.15, -0.1) is 0 Å². The van der Waals surface area contributed by atoms with Crippen LogP contribution in [-0.4, -0.2) is 52.8 Å². The van der Waals surface area contributed by atoms with Gasteiger partial charge in [0.05, 0.1) is 18.3 Å². The quantitative estimate of drug-likeness (QED) is 0.542. The first kappa shape index (κ1) is 23.0. The predicted octanol–water partition coefficient (Wildman–Crippen LogP) is 4.07. The molecule has 0 radical (unpaired) electrons. The molecule has 166 valence electrons. The average Bonchev–Trinajstić information content (AvgIpc) is 2.90. The van der Waals surface area contributed by atoms with Crippen LogP contribution in [0.25, 0.3) is 0 Å². The van der Waals surface area contributed by atoms with Gasteiger partial charge in [-0.25, -0.2) is 9.37 Å². The van der Waals surface area contributed by atoms with Gasteiger partial charge in [-0.2, -0.15) is 0 Å². The second-order valence-corrected chi connectivity index (χ2v) is 9.68. The topological polar surface area (TPSA) is 69.8 Å². The van der Waals surface area contributed by atoms with E-state index >= 15 is 0 Å². The van der Waals surface area contributed by atoms with Crippen LogP contribution in [0.5, 0.6) is 0 Å². The normalized spacial score (nSPS) is 32.0. The lowest BCUT2D eigenvalue weighted by Crippen LogP contribution is -2.42. The van der Waals surface area contributed by atoms with E-state index in [1.165, 1.54) is 12.8 Å². The molecule has 0 aromatic heterocycles. The Morgan fingerprint density at radius 2 is 1.87 bits per heavy atom. The number of fused-ring (bicyclic) bond motifs is 1. The Morgan fingerprint density at radius 3 is 2.53 bits per heavy atom. The first-order valence-corrected chi connectivity index (χ1v) is 11.4. The Hall–Kier alpha value is -1.72. The largest absolute Gasteiger partial charge is 0.478 e. The summed E-state index contributed by atoms with van der Waals surface area (Å²) in [5.74, 6) is 1.72. The summed E-state index contributed by atoms with van der Waals surface area (Å²) in [7, 11) is 1.96. The van der Waals surface area contributed by atoms with Crippen molar-refractivity contribution in [1.82, 2.24) is 0 Å². The van der Waals surface area contributed by atoms with Crippen molar-refractivity contribution in [2.75, 3.05) is 13.7 Å². The molecule has 7 atom stereocenters. The van der Waals surface area contributed by atoms with Gasteiger partial charge in [0, 0.05) is 5.56 Å². The summed E-state index contributed by atoms with van der Waals surface area (Å²) in [5, 5.41) is 20.0. The lowest BCUT2D eigenvalue weighted by molar-refractivity contribution is -0.512. The highest BCUT2D eigenvalue weighted by Gasteiger charge is 2.42. The molecular weight excluding hydrogens is 378 g/mol. The van der Waals surface area contributed by atoms with Crippen LogP contribution < -0.4 is 0 Å². The maximum Gasteiger partial charge on any atom is 0.335 e. The van der Waals surface area contributed by atoms with Crippen LogP contribution in [0.2, 0.25) is 0 Å². The van der Waals surface area contributed by atoms with Crippen LogP contribution in [-0.2, 0) is 11.3 Å². The zero-order valence-corrected chi connectivity index (χ0v) is 18.8. The fourth-order valence-electron chi connectivity index (χ4n) is 5.55. The van der Waals surface area contributed by atoms with Crippen molar-refractivity contribution < 1.29 is 24.3 Å². The highest BCUT2D eigenvalue weighted by molar-refractivity contribution is 5.87. The van der Waals surface area contributed by atoms with Gasteiger partial charge in [-0.05, 0) is 67.9 Å². The fourth-order valence-corrected chi connectivity index (χ4v) is 5.55. The SMILES string of the molecule is CC1CC[C@@H]2C(CO1)[C@H]([C@@H](C)C(O)C=[N+](C)Cc1ccc(C(=O)O)cc1)CC[C@H]2C. The zero-order valence-electron chi connectivity index (χ0n) is 18.8. The maximum absolute atomic E-state index is 11.0. The van der Waals surface area contributed by atoms with Crippen molar-refractivity contribution in [2.45, 2.75) is 65.2 Å². The Morgan fingerprint density at radius 1 is 1.17 bits per heavy atom. The Labute approximate surface area is 180 Å². The van der Waals surface area contributed by atoms with Crippen molar-refractivity contribution in [2.24, 2.45) is 29.6 Å². The number of hydrogen-bond donors (Lipinski definition) is 2. The van der Waals surface area contributed by atoms with E-state index in [0.29, 0.717) is 36.0 Å². The number of hydrogen-bond acceptors (Lipinski definition) is 3. The number of rotatable bonds is 6. The van der Waals surface area contributed by atoms with Gasteiger partial charge in [0.2, 0.25) is 0 Å². The van der Waals surface area contributed by atoms with Crippen molar-refractivity contribution in [3.05, 3.63) is 35.4 Å². The fraction of sp³-hybridized carbons (Fsp3) is 0.680. The third kappa shape index (κ3) is 5.50. The minimum atomic E-state index is -0.914. The summed E-state index contributed by atoms with van der Waals surface area (Å²) in [6, 6.07) is 6.92. The summed E-state index contributed by atoms with van der Waals surface area (Å²) < 4.78 is 8.13. The van der Waals surface area contributed by atoms with Crippen molar-refractivity contribution in [1.29, 1.82) is 0 Å². The molecule has 1 aromatic carbocycles. The molecular formula is C25H38NO4+. The molecule has 1 aliphatic heterocycles. The molecule has 2 aliphatic rings. The number of aliphatic hydroxyl groups excluding tert-OH is 1. The summed E-state index contributed by atoms with van der Waals surface area (Å²) in [6.07, 6.45) is 6.54. The standard InChI is InChI=1S/C25H37NO4/c1-16-5-11-22(23-15-30-17(2)6-12-21(16)23)18(3)24(27)14-26(4)13-19-7-9-20(10-8-19)25(28)29/h7-10,14,16-18,21-24,27H,5-6,11-13,15H2,1-4H3/p+1/t16-,17?,18-,21+,22+,23?,24?/m1/s1. The van der Waals surface area contributed by atoms with E-state index in [1.54, 1.807) is 12.1 Å². The number of carboxylic acids is 1. The monoisotopic (exact) mass is 416 g/mol. The zero-order chi connectivity index (χ0) is 21.8. The molecule has 3 unspecified atom stereocenters. The van der Waals surface area contributed by atoms with Crippen molar-refractivity contribution >= 4 is 12.2 Å². The van der Waals surface area contributed by atoms with E-state index in [1.807, 2.05) is 30.0 Å². The molecule has 0 bridgehead atoms. The second kappa shape index (κ2) is 10.1. The number of carboxylic acid groups (broad SMARTS) is 1. The highest BCUT2D eigenvalue weighted by atomic mass is 16.5. The van der Waals surface area contributed by atoms with Gasteiger partial charge in [0.25, 0.3) is 0 Å². The van der Waals surface area contributed by atoms with Crippen LogP contribution >= 0.6 is 0 Å². The first-order chi connectivity index (χ1) is 14.3. The van der Waals surface area contributed by atoms with Crippen LogP contribution in [0.15, 0.2) is 24.3 Å². The number of aromatic carboxylic acids is 1. The van der Waals surface area contributed by atoms with E-state index in [2.05, 4.69) is 20.8 Å². The molecule has 5 nitrogen and oxygen atoms in total. The van der Waals surface area contributed by atoms with Gasteiger partial charge in [0.1, 0.15) is 13.2 Å². The Balaban J connectivity index is 1.66. The lowest BCUT2D eigenvalue weighted by atomic mass is 9.62. The third-order valence-corrected chi connectivity index (χ3v) is 7.52. The Kier molecular flexibility index (Phi) is 7.70. The molecule has 1 saturated heterocycles. The van der Waals surface area contributed by atoms with Gasteiger partial charge in [-0.1, -0.05) is 32.4 Å². The minimum absolute atomic E-state index is 0.179. The smallest absolute Gasteiger partial charge is 0.335 e. The van der Waals surface area contributed by atoms with E-state index in [0.717, 1.165) is 30.9 Å². The summed E-state index contributed by atoms with van der Waals surface area (Å²) >= 11 is 0. The number of aliphatic hydroxyl groups is 1. The van der Waals surface area contributed by atoms with Crippen molar-refractivity contribution in [3.8, 4) is 0 Å². The summed E-state index contributed by atoms with van der Waals surface area (Å²) in [6.45, 7) is 8.21. The van der Waals surface area contributed by atoms with E-state index in [9.17, 15) is 9.90 Å². The third-order valence-electron chi connectivity index (χ3n) is 7.52. The number of nitrogens with zero attached hydrogens (tertiary/aromatic N) is 1. The van der Waals surface area contributed by atoms with Gasteiger partial charge >= 0.3 is 5.97 Å². The van der Waals surface area contributed by atoms with Gasteiger partial charge in [-0.3, -0.25) is 0 Å². The molecule has 1 heterocycles. The van der Waals surface area contributed by atoms with E-state index < -0.39 is 12.1 Å². The molecule has 2 N–H and O–H groups in total. The van der Waals surface area contributed by atoms with Gasteiger partial charge < -0.3 is 14.9 Å². The van der Waals surface area contributed by atoms with Crippen LogP contribution in [0, 0.1) is 29.6 Å². The molecule has 3 rings (SSSR count). The predicted molar refractivity (Wildman–Crippen MR) is 118 cm³/mol. The minimum Gasteiger partial charge on any atom is -0.478 e. The average molecular weight is 417 g/mol. The van der Waals surface area contributed by atoms with Crippen LogP contribution in [0.3, 0.4) is 0 Å². The molecule has 0 spiro atoms. The van der Waals surface area contributed by atoms with E-state index in [-0.39, 0.29) is 5.92 Å². The summed E-state index contributed by atoms with van der Waals surface area (Å²) in [5.41, 5.74) is 1.32. The number of carbonyl (C=O) groups is 1. The van der Waals surface area contributed by atoms with Gasteiger partial charge in [0.15, 0.2) is 12.8 Å². The second-order valence-electron chi connectivity index (χ2n) is 9.68. The van der Waals surface area contributed by atoms with Crippen LogP contribution in [0.4, 0.5) is 0 Å². The van der Waals surface area contributed by atoms with E-state index in [4.69, 9.17) is 9.84 Å². The van der Waals surface area contributed by atoms with Crippen molar-refractivity contribution in [3.63, 3.8) is 0 Å². The van der Waals surface area contributed by atoms with Crippen LogP contribution in [0.1, 0.15) is 62.4 Å². The molecule has 30 heavy (non-hydrogen) atoms. The maximum atomic E-state index is 11.0.